The number of nitro groups is 1. The van der Waals surface area contributed by atoms with Gasteiger partial charge >= 0.3 is 0 Å². The molecule has 0 aliphatic heterocycles. The van der Waals surface area contributed by atoms with Crippen molar-refractivity contribution in [3.05, 3.63) is 46.7 Å². The lowest BCUT2D eigenvalue weighted by molar-refractivity contribution is -0.384. The van der Waals surface area contributed by atoms with Crippen LogP contribution in [0.1, 0.15) is 26.7 Å². The molecule has 24 heavy (non-hydrogen) atoms. The van der Waals surface area contributed by atoms with E-state index in [1.54, 1.807) is 0 Å². The number of nitrogens with one attached hydrogen (secondary N) is 1. The third-order valence-electron chi connectivity index (χ3n) is 3.81. The molecule has 0 heterocycles. The summed E-state index contributed by atoms with van der Waals surface area (Å²) >= 11 is 0. The average molecular weight is 330 g/mol. The Hall–Kier alpha value is -2.83. The van der Waals surface area contributed by atoms with E-state index in [1.807, 2.05) is 13.8 Å². The van der Waals surface area contributed by atoms with Gasteiger partial charge in [-0.05, 0) is 23.6 Å². The molecule has 0 radical (unpaired) electrons. The van der Waals surface area contributed by atoms with E-state index < -0.39 is 22.0 Å². The van der Waals surface area contributed by atoms with Crippen molar-refractivity contribution >= 4 is 28.7 Å². The molecular weight excluding hydrogens is 312 g/mol. The molecule has 0 bridgehead atoms. The highest BCUT2D eigenvalue weighted by molar-refractivity contribution is 6.23. The lowest BCUT2D eigenvalue weighted by Crippen LogP contribution is -2.41. The van der Waals surface area contributed by atoms with E-state index in [2.05, 4.69) is 5.32 Å². The van der Waals surface area contributed by atoms with Crippen molar-refractivity contribution in [1.82, 2.24) is 0 Å². The van der Waals surface area contributed by atoms with Gasteiger partial charge in [-0.25, -0.2) is 0 Å². The predicted molar refractivity (Wildman–Crippen MR) is 87.4 cm³/mol. The molecule has 1 aliphatic rings. The molecule has 1 aliphatic carbocycles. The maximum atomic E-state index is 12.1. The SMILES string of the molecule is CC1(C)CC(=O)C(C(=O)/C=C/Nc2ccc([N+](=O)[O-])cc2)C(=O)C1. The van der Waals surface area contributed by atoms with Gasteiger partial charge in [0.05, 0.1) is 4.92 Å². The number of benzene rings is 1. The Labute approximate surface area is 138 Å². The molecular formula is C17H18N2O5. The van der Waals surface area contributed by atoms with E-state index in [1.165, 1.54) is 30.5 Å². The second-order valence-electron chi connectivity index (χ2n) is 6.57. The standard InChI is InChI=1S/C17H18N2O5/c1-17(2)9-14(21)16(15(22)10-17)13(20)7-8-18-11-3-5-12(6-4-11)19(23)24/h3-8,16,18H,9-10H2,1-2H3/b8-7+. The van der Waals surface area contributed by atoms with Crippen molar-refractivity contribution in [2.45, 2.75) is 26.7 Å². The van der Waals surface area contributed by atoms with Crippen molar-refractivity contribution in [2.75, 3.05) is 5.32 Å². The minimum absolute atomic E-state index is 0.0402. The number of anilines is 1. The van der Waals surface area contributed by atoms with E-state index >= 15 is 0 Å². The number of ketones is 3. The average Bonchev–Trinajstić information content (AvgIpc) is 2.45. The van der Waals surface area contributed by atoms with Gasteiger partial charge in [-0.15, -0.1) is 0 Å². The summed E-state index contributed by atoms with van der Waals surface area (Å²) in [7, 11) is 0. The fraction of sp³-hybridized carbons (Fsp3) is 0.353. The van der Waals surface area contributed by atoms with E-state index in [9.17, 15) is 24.5 Å². The van der Waals surface area contributed by atoms with Crippen molar-refractivity contribution in [1.29, 1.82) is 0 Å². The molecule has 1 fully saturated rings. The molecule has 1 aromatic carbocycles. The molecule has 0 saturated heterocycles. The first kappa shape index (κ1) is 17.5. The highest BCUT2D eigenvalue weighted by Crippen LogP contribution is 2.34. The van der Waals surface area contributed by atoms with Crippen molar-refractivity contribution in [3.8, 4) is 0 Å². The summed E-state index contributed by atoms with van der Waals surface area (Å²) in [6, 6.07) is 5.64. The van der Waals surface area contributed by atoms with Gasteiger partial charge in [0.1, 0.15) is 5.92 Å². The number of hydrogen-bond donors (Lipinski definition) is 1. The second kappa shape index (κ2) is 6.74. The Morgan fingerprint density at radius 3 is 2.25 bits per heavy atom. The Morgan fingerprint density at radius 1 is 1.21 bits per heavy atom. The quantitative estimate of drug-likeness (QED) is 0.385. The lowest BCUT2D eigenvalue weighted by Gasteiger charge is -2.30. The Morgan fingerprint density at radius 2 is 1.75 bits per heavy atom. The van der Waals surface area contributed by atoms with Crippen LogP contribution >= 0.6 is 0 Å². The molecule has 7 heteroatoms. The van der Waals surface area contributed by atoms with Gasteiger partial charge in [0, 0.05) is 36.9 Å². The van der Waals surface area contributed by atoms with Gasteiger partial charge in [0.15, 0.2) is 17.3 Å². The molecule has 2 rings (SSSR count). The molecule has 1 saturated carbocycles. The van der Waals surface area contributed by atoms with Crippen LogP contribution in [-0.2, 0) is 14.4 Å². The van der Waals surface area contributed by atoms with Gasteiger partial charge in [-0.1, -0.05) is 13.8 Å². The molecule has 1 N–H and O–H groups in total. The van der Waals surface area contributed by atoms with Gasteiger partial charge in [-0.2, -0.15) is 0 Å². The van der Waals surface area contributed by atoms with Crippen molar-refractivity contribution in [3.63, 3.8) is 0 Å². The van der Waals surface area contributed by atoms with Crippen LogP contribution in [-0.4, -0.2) is 22.3 Å². The minimum atomic E-state index is -1.21. The van der Waals surface area contributed by atoms with E-state index in [4.69, 9.17) is 0 Å². The Kier molecular flexibility index (Phi) is 4.92. The first-order valence-electron chi connectivity index (χ1n) is 7.46. The van der Waals surface area contributed by atoms with Crippen LogP contribution in [0, 0.1) is 21.4 Å². The topological polar surface area (TPSA) is 106 Å². The number of Topliss-reactive ketones (excluding diaryl/α,β-unsaturated/α-hetero) is 2. The molecule has 7 nitrogen and oxygen atoms in total. The number of carbonyl (C=O) groups excluding carboxylic acids is 3. The molecule has 0 amide bonds. The zero-order chi connectivity index (χ0) is 17.9. The van der Waals surface area contributed by atoms with Crippen LogP contribution in [0.15, 0.2) is 36.5 Å². The fourth-order valence-corrected chi connectivity index (χ4v) is 2.70. The van der Waals surface area contributed by atoms with Gasteiger partial charge < -0.3 is 5.32 Å². The molecule has 0 spiro atoms. The maximum absolute atomic E-state index is 12.1. The molecule has 0 atom stereocenters. The van der Waals surface area contributed by atoms with Crippen LogP contribution in [0.25, 0.3) is 0 Å². The first-order valence-corrected chi connectivity index (χ1v) is 7.46. The molecule has 1 aromatic rings. The third-order valence-corrected chi connectivity index (χ3v) is 3.81. The van der Waals surface area contributed by atoms with Gasteiger partial charge in [0.2, 0.25) is 0 Å². The third kappa shape index (κ3) is 4.13. The summed E-state index contributed by atoms with van der Waals surface area (Å²) < 4.78 is 0. The summed E-state index contributed by atoms with van der Waals surface area (Å²) in [6.45, 7) is 3.66. The van der Waals surface area contributed by atoms with E-state index in [0.29, 0.717) is 5.69 Å². The Bertz CT molecular complexity index is 699. The number of allylic oxidation sites excluding steroid dienone is 1. The van der Waals surface area contributed by atoms with Crippen molar-refractivity contribution in [2.24, 2.45) is 11.3 Å². The largest absolute Gasteiger partial charge is 0.362 e. The molecule has 0 unspecified atom stereocenters. The van der Waals surface area contributed by atoms with Crippen LogP contribution in [0.2, 0.25) is 0 Å². The number of nitrogens with zero attached hydrogens (tertiary/aromatic N) is 1. The van der Waals surface area contributed by atoms with Crippen LogP contribution in [0.4, 0.5) is 11.4 Å². The van der Waals surface area contributed by atoms with E-state index in [-0.39, 0.29) is 30.1 Å². The molecule has 126 valence electrons. The number of non-ortho nitro benzene ring substituents is 1. The number of nitro benzene ring substituents is 1. The van der Waals surface area contributed by atoms with Crippen LogP contribution in [0.3, 0.4) is 0 Å². The monoisotopic (exact) mass is 330 g/mol. The van der Waals surface area contributed by atoms with E-state index in [0.717, 1.165) is 6.08 Å². The van der Waals surface area contributed by atoms with Gasteiger partial charge in [0.25, 0.3) is 5.69 Å². The number of rotatable bonds is 5. The summed E-state index contributed by atoms with van der Waals surface area (Å²) in [5.74, 6) is -2.45. The van der Waals surface area contributed by atoms with Crippen LogP contribution < -0.4 is 5.32 Å². The van der Waals surface area contributed by atoms with Crippen molar-refractivity contribution < 1.29 is 19.3 Å². The summed E-state index contributed by atoms with van der Waals surface area (Å²) in [5.41, 5.74) is 0.111. The summed E-state index contributed by atoms with van der Waals surface area (Å²) in [4.78, 5) is 46.2. The fourth-order valence-electron chi connectivity index (χ4n) is 2.70. The molecule has 0 aromatic heterocycles. The normalized spacial score (nSPS) is 17.9. The first-order chi connectivity index (χ1) is 11.2. The highest BCUT2D eigenvalue weighted by Gasteiger charge is 2.42. The highest BCUT2D eigenvalue weighted by atomic mass is 16.6. The number of carbonyl (C=O) groups is 3. The summed E-state index contributed by atoms with van der Waals surface area (Å²) in [5, 5.41) is 13.3. The lowest BCUT2D eigenvalue weighted by atomic mass is 9.70. The minimum Gasteiger partial charge on any atom is -0.362 e. The smallest absolute Gasteiger partial charge is 0.269 e. The predicted octanol–water partition coefficient (Wildman–Crippen LogP) is 2.66. The second-order valence-corrected chi connectivity index (χ2v) is 6.57. The van der Waals surface area contributed by atoms with Gasteiger partial charge in [-0.3, -0.25) is 24.5 Å². The summed E-state index contributed by atoms with van der Waals surface area (Å²) in [6.07, 6.45) is 2.89. The zero-order valence-corrected chi connectivity index (χ0v) is 13.4. The zero-order valence-electron chi connectivity index (χ0n) is 13.4. The maximum Gasteiger partial charge on any atom is 0.269 e. The van der Waals surface area contributed by atoms with Crippen LogP contribution in [0.5, 0.6) is 0 Å². The number of hydrogen-bond acceptors (Lipinski definition) is 6. The Balaban J connectivity index is 1.99.